The van der Waals surface area contributed by atoms with Crippen LogP contribution < -0.4 is 10.2 Å². The van der Waals surface area contributed by atoms with E-state index in [0.717, 1.165) is 83.5 Å². The first-order valence-corrected chi connectivity index (χ1v) is 35.2. The number of carbonyl (C=O) groups is 2. The number of ether oxygens (including phenoxy) is 1. The summed E-state index contributed by atoms with van der Waals surface area (Å²) in [5.41, 5.74) is 0. The maximum atomic E-state index is 13.5. The van der Waals surface area contributed by atoms with Crippen LogP contribution in [0.4, 0.5) is 0 Å². The standard InChI is InChI=1S/C70H129N2O7P/c1-7-10-13-16-19-22-25-28-30-31-32-33-34-35-36-37-38-39-40-41-42-45-48-51-54-57-60-63-70(74)79-68(61-58-55-52-49-46-43-27-24-21-18-15-12-9-3)67(66-78-80(75,76)77-65-64-72(4,5)6)71-69(73)62-59-56-53-50-47-44-29-26-23-20-17-14-11-8-2/h19,22,28,30,32-33,35-36,44,47,58,61,67-68H,7-18,20-21,23-27,29,31,34,37-43,45-46,48-57,59-60,62-66H2,1-6H3,(H-,71,73,75,76)/b22-19-,30-28-,33-32-,36-35-,47-44-,61-58-. The molecule has 0 spiro atoms. The fourth-order valence-corrected chi connectivity index (χ4v) is 10.3. The first-order chi connectivity index (χ1) is 38.9. The first-order valence-electron chi connectivity index (χ1n) is 33.7. The van der Waals surface area contributed by atoms with Crippen LogP contribution in [0.3, 0.4) is 0 Å². The summed E-state index contributed by atoms with van der Waals surface area (Å²) < 4.78 is 30.4. The molecule has 0 aliphatic heterocycles. The lowest BCUT2D eigenvalue weighted by Crippen LogP contribution is -2.47. The molecular formula is C70H129N2O7P. The largest absolute Gasteiger partial charge is 0.756 e. The number of nitrogens with one attached hydrogen (secondary N) is 1. The van der Waals surface area contributed by atoms with Gasteiger partial charge < -0.3 is 28.5 Å². The molecule has 0 aliphatic carbocycles. The highest BCUT2D eigenvalue weighted by atomic mass is 31.2. The number of rotatable bonds is 61. The third kappa shape index (κ3) is 60.1. The Balaban J connectivity index is 5.10. The van der Waals surface area contributed by atoms with E-state index in [2.05, 4.69) is 86.8 Å². The van der Waals surface area contributed by atoms with Gasteiger partial charge in [0.05, 0.1) is 33.8 Å². The van der Waals surface area contributed by atoms with Crippen LogP contribution in [0, 0.1) is 0 Å². The van der Waals surface area contributed by atoms with Crippen molar-refractivity contribution >= 4 is 19.7 Å². The zero-order valence-electron chi connectivity index (χ0n) is 53.3. The average molecular weight is 1140 g/mol. The minimum atomic E-state index is -4.71. The molecule has 9 nitrogen and oxygen atoms in total. The Bertz CT molecular complexity index is 1600. The quantitative estimate of drug-likeness (QED) is 0.0212. The van der Waals surface area contributed by atoms with E-state index >= 15 is 0 Å². The molecule has 466 valence electrons. The lowest BCUT2D eigenvalue weighted by Gasteiger charge is -2.30. The summed E-state index contributed by atoms with van der Waals surface area (Å²) in [6.45, 7) is 6.82. The molecule has 0 rings (SSSR count). The molecule has 10 heteroatoms. The number of likely N-dealkylation sites (N-methyl/N-ethyl adjacent to an activating group) is 1. The summed E-state index contributed by atoms with van der Waals surface area (Å²) in [7, 11) is 1.18. The van der Waals surface area contributed by atoms with E-state index < -0.39 is 26.6 Å². The first kappa shape index (κ1) is 77.5. The molecule has 0 saturated carbocycles. The van der Waals surface area contributed by atoms with Gasteiger partial charge in [-0.05, 0) is 102 Å². The molecule has 0 bridgehead atoms. The number of nitrogens with zero attached hydrogens (tertiary/aromatic N) is 1. The van der Waals surface area contributed by atoms with Crippen LogP contribution in [0.15, 0.2) is 72.9 Å². The number of allylic oxidation sites excluding steroid dienone is 11. The predicted molar refractivity (Wildman–Crippen MR) is 344 cm³/mol. The Morgan fingerprint density at radius 2 is 0.762 bits per heavy atom. The molecule has 0 aromatic carbocycles. The van der Waals surface area contributed by atoms with Crippen molar-refractivity contribution in [2.45, 2.75) is 322 Å². The Morgan fingerprint density at radius 1 is 0.438 bits per heavy atom. The molecule has 1 amide bonds. The highest BCUT2D eigenvalue weighted by Gasteiger charge is 2.27. The maximum absolute atomic E-state index is 13.5. The van der Waals surface area contributed by atoms with E-state index in [1.807, 2.05) is 33.3 Å². The van der Waals surface area contributed by atoms with E-state index in [0.29, 0.717) is 23.9 Å². The third-order valence-corrected chi connectivity index (χ3v) is 15.8. The number of amides is 1. The van der Waals surface area contributed by atoms with Gasteiger partial charge in [0, 0.05) is 12.8 Å². The number of quaternary nitrogens is 1. The third-order valence-electron chi connectivity index (χ3n) is 14.9. The SMILES string of the molecule is CCCCC/C=C\C/C=C\C/C=C\C/C=C\CCCCCCCCCCCCCC(=O)OC(/C=C\CCCCCCCCCCCCC)C(COP(=O)([O-])OCC[N+](C)(C)C)NC(=O)CCCCC/C=C\CCCCCCCCC. The smallest absolute Gasteiger partial charge is 0.306 e. The predicted octanol–water partition coefficient (Wildman–Crippen LogP) is 20.5. The van der Waals surface area contributed by atoms with Gasteiger partial charge in [-0.3, -0.25) is 14.2 Å². The molecule has 0 aliphatic rings. The number of esters is 1. The van der Waals surface area contributed by atoms with Crippen molar-refractivity contribution in [3.05, 3.63) is 72.9 Å². The minimum Gasteiger partial charge on any atom is -0.756 e. The van der Waals surface area contributed by atoms with E-state index in [1.54, 1.807) is 0 Å². The van der Waals surface area contributed by atoms with Crippen LogP contribution >= 0.6 is 7.82 Å². The molecule has 0 aromatic heterocycles. The van der Waals surface area contributed by atoms with Crippen LogP contribution in [-0.2, 0) is 27.9 Å². The normalized spacial score (nSPS) is 14.0. The number of carbonyl (C=O) groups excluding carboxylic acids is 2. The van der Waals surface area contributed by atoms with Gasteiger partial charge >= 0.3 is 5.97 Å². The van der Waals surface area contributed by atoms with Gasteiger partial charge in [0.2, 0.25) is 5.91 Å². The molecule has 0 radical (unpaired) electrons. The summed E-state index contributed by atoms with van der Waals surface area (Å²) in [5.74, 6) is -0.557. The van der Waals surface area contributed by atoms with Gasteiger partial charge in [0.1, 0.15) is 19.3 Å². The number of hydrogen-bond acceptors (Lipinski definition) is 7. The van der Waals surface area contributed by atoms with Gasteiger partial charge in [-0.25, -0.2) is 0 Å². The summed E-state index contributed by atoms with van der Waals surface area (Å²) in [4.78, 5) is 40.1. The molecule has 0 aromatic rings. The Kier molecular flexibility index (Phi) is 57.7. The zero-order chi connectivity index (χ0) is 58.6. The van der Waals surface area contributed by atoms with Gasteiger partial charge in [-0.1, -0.05) is 267 Å². The van der Waals surface area contributed by atoms with Crippen LogP contribution in [0.25, 0.3) is 0 Å². The summed E-state index contributed by atoms with van der Waals surface area (Å²) >= 11 is 0. The van der Waals surface area contributed by atoms with Crippen LogP contribution in [0.1, 0.15) is 310 Å². The van der Waals surface area contributed by atoms with Gasteiger partial charge in [-0.2, -0.15) is 0 Å². The van der Waals surface area contributed by atoms with Gasteiger partial charge in [0.15, 0.2) is 0 Å². The maximum Gasteiger partial charge on any atom is 0.306 e. The summed E-state index contributed by atoms with van der Waals surface area (Å²) in [6, 6.07) is -0.899. The van der Waals surface area contributed by atoms with E-state index in [1.165, 1.54) is 186 Å². The van der Waals surface area contributed by atoms with Crippen molar-refractivity contribution in [2.75, 3.05) is 40.9 Å². The van der Waals surface area contributed by atoms with Crippen molar-refractivity contribution < 1.29 is 37.3 Å². The number of unbranched alkanes of at least 4 members (excludes halogenated alkanes) is 35. The van der Waals surface area contributed by atoms with Crippen LogP contribution in [-0.4, -0.2) is 69.4 Å². The Morgan fingerprint density at radius 3 is 1.19 bits per heavy atom. The van der Waals surface area contributed by atoms with Crippen molar-refractivity contribution in [2.24, 2.45) is 0 Å². The van der Waals surface area contributed by atoms with Gasteiger partial charge in [0.25, 0.3) is 7.82 Å². The second-order valence-corrected chi connectivity index (χ2v) is 25.4. The van der Waals surface area contributed by atoms with Crippen LogP contribution in [0.2, 0.25) is 0 Å². The second-order valence-electron chi connectivity index (χ2n) is 24.0. The monoisotopic (exact) mass is 1140 g/mol. The molecule has 0 saturated heterocycles. The Labute approximate surface area is 495 Å². The van der Waals surface area contributed by atoms with Crippen LogP contribution in [0.5, 0.6) is 0 Å². The molecule has 3 unspecified atom stereocenters. The molecule has 0 fully saturated rings. The highest BCUT2D eigenvalue weighted by molar-refractivity contribution is 7.45. The summed E-state index contributed by atoms with van der Waals surface area (Å²) in [6.07, 6.45) is 77.3. The molecule has 80 heavy (non-hydrogen) atoms. The zero-order valence-corrected chi connectivity index (χ0v) is 54.2. The van der Waals surface area contributed by atoms with Gasteiger partial charge in [-0.15, -0.1) is 0 Å². The lowest BCUT2D eigenvalue weighted by molar-refractivity contribution is -0.870. The number of phosphoric acid groups is 1. The minimum absolute atomic E-state index is 0.0266. The molecule has 3 atom stereocenters. The summed E-state index contributed by atoms with van der Waals surface area (Å²) in [5, 5.41) is 3.02. The number of phosphoric ester groups is 1. The van der Waals surface area contributed by atoms with Crippen molar-refractivity contribution in [1.82, 2.24) is 5.32 Å². The Hall–Kier alpha value is -2.55. The van der Waals surface area contributed by atoms with Crippen molar-refractivity contribution in [3.63, 3.8) is 0 Å². The van der Waals surface area contributed by atoms with E-state index in [9.17, 15) is 19.0 Å². The fraction of sp³-hybridized carbons (Fsp3) is 0.800. The average Bonchev–Trinajstić information content (AvgIpc) is 3.42. The molecule has 0 heterocycles. The van der Waals surface area contributed by atoms with E-state index in [4.69, 9.17) is 13.8 Å². The fourth-order valence-electron chi connectivity index (χ4n) is 9.62. The highest BCUT2D eigenvalue weighted by Crippen LogP contribution is 2.38. The molecule has 1 N–H and O–H groups in total. The lowest BCUT2D eigenvalue weighted by atomic mass is 10.0. The van der Waals surface area contributed by atoms with Crippen molar-refractivity contribution in [3.8, 4) is 0 Å². The second kappa shape index (κ2) is 59.6. The number of hydrogen-bond donors (Lipinski definition) is 1. The van der Waals surface area contributed by atoms with Crippen molar-refractivity contribution in [1.29, 1.82) is 0 Å². The van der Waals surface area contributed by atoms with E-state index in [-0.39, 0.29) is 24.9 Å². The topological polar surface area (TPSA) is 114 Å². The molecular weight excluding hydrogens is 1010 g/mol.